The SMILES string of the molecule is COC(=O)\C=C(C)/C=C/C=C(C)/C=C/C1=C(C)C(=NN)CCC1(C)C. The predicted molar refractivity (Wildman–Crippen MR) is 105 cm³/mol. The number of nitrogens with zero attached hydrogens (tertiary/aromatic N) is 1. The fraction of sp³-hybridized carbons (Fsp3) is 0.429. The van der Waals surface area contributed by atoms with Crippen LogP contribution >= 0.6 is 0 Å². The molecule has 2 N–H and O–H groups in total. The van der Waals surface area contributed by atoms with E-state index in [1.165, 1.54) is 24.3 Å². The van der Waals surface area contributed by atoms with Crippen LogP contribution in [-0.4, -0.2) is 18.8 Å². The monoisotopic (exact) mass is 342 g/mol. The first-order valence-corrected chi connectivity index (χ1v) is 8.49. The lowest BCUT2D eigenvalue weighted by molar-refractivity contribution is -0.134. The molecule has 0 aliphatic heterocycles. The van der Waals surface area contributed by atoms with E-state index < -0.39 is 0 Å². The van der Waals surface area contributed by atoms with Crippen molar-refractivity contribution in [2.45, 2.75) is 47.5 Å². The molecule has 0 aromatic heterocycles. The lowest BCUT2D eigenvalue weighted by atomic mass is 9.72. The van der Waals surface area contributed by atoms with Gasteiger partial charge in [0, 0.05) is 6.08 Å². The average molecular weight is 342 g/mol. The Hall–Kier alpha value is -2.36. The van der Waals surface area contributed by atoms with E-state index in [2.05, 4.69) is 42.8 Å². The fourth-order valence-electron chi connectivity index (χ4n) is 2.84. The Labute approximate surface area is 151 Å². The van der Waals surface area contributed by atoms with E-state index in [1.807, 2.05) is 32.1 Å². The second-order valence-electron chi connectivity index (χ2n) is 7.01. The number of allylic oxidation sites excluding steroid dienone is 9. The van der Waals surface area contributed by atoms with Gasteiger partial charge in [-0.15, -0.1) is 0 Å². The Morgan fingerprint density at radius 3 is 2.52 bits per heavy atom. The number of hydrogen-bond acceptors (Lipinski definition) is 4. The fourth-order valence-corrected chi connectivity index (χ4v) is 2.84. The average Bonchev–Trinajstić information content (AvgIpc) is 2.54. The molecule has 0 bridgehead atoms. The third kappa shape index (κ3) is 6.22. The Morgan fingerprint density at radius 2 is 1.92 bits per heavy atom. The van der Waals surface area contributed by atoms with Gasteiger partial charge in [-0.3, -0.25) is 0 Å². The van der Waals surface area contributed by atoms with Gasteiger partial charge in [0.2, 0.25) is 0 Å². The number of carbonyl (C=O) groups excluding carboxylic acids is 1. The molecule has 136 valence electrons. The first-order valence-electron chi connectivity index (χ1n) is 8.49. The van der Waals surface area contributed by atoms with Crippen molar-refractivity contribution in [2.24, 2.45) is 16.4 Å². The number of hydrazone groups is 1. The van der Waals surface area contributed by atoms with Crippen molar-refractivity contribution in [3.05, 3.63) is 58.7 Å². The van der Waals surface area contributed by atoms with Crippen LogP contribution in [0.25, 0.3) is 0 Å². The zero-order chi connectivity index (χ0) is 19.0. The lowest BCUT2D eigenvalue weighted by Crippen LogP contribution is -2.25. The van der Waals surface area contributed by atoms with Crippen molar-refractivity contribution in [3.63, 3.8) is 0 Å². The van der Waals surface area contributed by atoms with E-state index in [1.54, 1.807) is 0 Å². The van der Waals surface area contributed by atoms with Gasteiger partial charge in [-0.2, -0.15) is 5.10 Å². The van der Waals surface area contributed by atoms with Crippen molar-refractivity contribution in [2.75, 3.05) is 7.11 Å². The highest BCUT2D eigenvalue weighted by Crippen LogP contribution is 2.39. The number of rotatable bonds is 5. The van der Waals surface area contributed by atoms with Crippen molar-refractivity contribution < 1.29 is 9.53 Å². The molecule has 1 rings (SSSR count). The van der Waals surface area contributed by atoms with E-state index >= 15 is 0 Å². The van der Waals surface area contributed by atoms with Gasteiger partial charge in [0.25, 0.3) is 0 Å². The summed E-state index contributed by atoms with van der Waals surface area (Å²) in [5.41, 5.74) is 5.52. The number of carbonyl (C=O) groups is 1. The Kier molecular flexibility index (Phi) is 7.62. The molecule has 0 radical (unpaired) electrons. The summed E-state index contributed by atoms with van der Waals surface area (Å²) in [6.07, 6.45) is 13.5. The van der Waals surface area contributed by atoms with E-state index in [-0.39, 0.29) is 11.4 Å². The highest BCUT2D eigenvalue weighted by molar-refractivity contribution is 6.01. The van der Waals surface area contributed by atoms with Crippen LogP contribution in [0.2, 0.25) is 0 Å². The normalized spacial score (nSPS) is 20.8. The second-order valence-corrected chi connectivity index (χ2v) is 7.01. The van der Waals surface area contributed by atoms with Crippen LogP contribution in [0.3, 0.4) is 0 Å². The third-order valence-corrected chi connectivity index (χ3v) is 4.49. The van der Waals surface area contributed by atoms with Crippen LogP contribution in [0.4, 0.5) is 0 Å². The zero-order valence-electron chi connectivity index (χ0n) is 16.2. The molecule has 0 heterocycles. The number of esters is 1. The maximum absolute atomic E-state index is 11.2. The first kappa shape index (κ1) is 20.7. The Morgan fingerprint density at radius 1 is 1.24 bits per heavy atom. The summed E-state index contributed by atoms with van der Waals surface area (Å²) in [4.78, 5) is 11.2. The maximum atomic E-state index is 11.2. The van der Waals surface area contributed by atoms with E-state index in [9.17, 15) is 4.79 Å². The molecule has 0 saturated carbocycles. The highest BCUT2D eigenvalue weighted by Gasteiger charge is 2.29. The summed E-state index contributed by atoms with van der Waals surface area (Å²) in [6, 6.07) is 0. The molecular weight excluding hydrogens is 312 g/mol. The molecule has 0 aromatic rings. The molecule has 0 amide bonds. The molecule has 0 atom stereocenters. The summed E-state index contributed by atoms with van der Waals surface area (Å²) in [7, 11) is 1.37. The van der Waals surface area contributed by atoms with Crippen LogP contribution in [0.1, 0.15) is 47.5 Å². The van der Waals surface area contributed by atoms with E-state index in [0.717, 1.165) is 29.7 Å². The van der Waals surface area contributed by atoms with E-state index in [4.69, 9.17) is 5.84 Å². The minimum Gasteiger partial charge on any atom is -0.466 e. The molecule has 0 spiro atoms. The predicted octanol–water partition coefficient (Wildman–Crippen LogP) is 4.62. The number of methoxy groups -OCH3 is 1. The summed E-state index contributed by atoms with van der Waals surface area (Å²) in [5.74, 6) is 5.16. The topological polar surface area (TPSA) is 64.7 Å². The molecular formula is C21H30N2O2. The second kappa shape index (κ2) is 9.21. The number of nitrogens with two attached hydrogens (primary N) is 1. The Balaban J connectivity index is 2.92. The van der Waals surface area contributed by atoms with Crippen LogP contribution in [-0.2, 0) is 9.53 Å². The highest BCUT2D eigenvalue weighted by atomic mass is 16.5. The van der Waals surface area contributed by atoms with Crippen LogP contribution in [0.5, 0.6) is 0 Å². The van der Waals surface area contributed by atoms with Gasteiger partial charge >= 0.3 is 5.97 Å². The van der Waals surface area contributed by atoms with Crippen molar-refractivity contribution in [1.82, 2.24) is 0 Å². The Bertz CT molecular complexity index is 687. The van der Waals surface area contributed by atoms with Crippen LogP contribution in [0, 0.1) is 5.41 Å². The molecule has 4 heteroatoms. The molecule has 1 aliphatic carbocycles. The van der Waals surface area contributed by atoms with E-state index in [0.29, 0.717) is 0 Å². The summed E-state index contributed by atoms with van der Waals surface area (Å²) in [6.45, 7) is 10.5. The van der Waals surface area contributed by atoms with Crippen molar-refractivity contribution in [3.8, 4) is 0 Å². The van der Waals surface area contributed by atoms with Crippen LogP contribution < -0.4 is 5.84 Å². The summed E-state index contributed by atoms with van der Waals surface area (Å²) in [5, 5.41) is 3.93. The van der Waals surface area contributed by atoms with Crippen LogP contribution in [0.15, 0.2) is 63.8 Å². The largest absolute Gasteiger partial charge is 0.466 e. The molecule has 0 fully saturated rings. The van der Waals surface area contributed by atoms with Gasteiger partial charge in [-0.05, 0) is 55.7 Å². The third-order valence-electron chi connectivity index (χ3n) is 4.49. The van der Waals surface area contributed by atoms with Gasteiger partial charge in [-0.1, -0.05) is 49.8 Å². The molecule has 0 aromatic carbocycles. The smallest absolute Gasteiger partial charge is 0.330 e. The molecule has 0 unspecified atom stereocenters. The maximum Gasteiger partial charge on any atom is 0.330 e. The zero-order valence-corrected chi connectivity index (χ0v) is 16.2. The minimum atomic E-state index is -0.345. The first-order chi connectivity index (χ1) is 11.7. The molecule has 1 aliphatic rings. The quantitative estimate of drug-likeness (QED) is 0.261. The van der Waals surface area contributed by atoms with Gasteiger partial charge in [0.15, 0.2) is 0 Å². The molecule has 4 nitrogen and oxygen atoms in total. The molecule has 25 heavy (non-hydrogen) atoms. The minimum absolute atomic E-state index is 0.116. The summed E-state index contributed by atoms with van der Waals surface area (Å²) >= 11 is 0. The number of ether oxygens (including phenoxy) is 1. The summed E-state index contributed by atoms with van der Waals surface area (Å²) < 4.78 is 4.60. The lowest BCUT2D eigenvalue weighted by Gasteiger charge is -2.33. The van der Waals surface area contributed by atoms with Crippen molar-refractivity contribution in [1.29, 1.82) is 0 Å². The van der Waals surface area contributed by atoms with Gasteiger partial charge < -0.3 is 10.6 Å². The number of hydrogen-bond donors (Lipinski definition) is 1. The van der Waals surface area contributed by atoms with Gasteiger partial charge in [-0.25, -0.2) is 4.79 Å². The molecule has 0 saturated heterocycles. The van der Waals surface area contributed by atoms with Crippen molar-refractivity contribution >= 4 is 11.7 Å². The standard InChI is InChI=1S/C21H30N2O2/c1-15(8-7-9-16(2)14-20(24)25-6)10-11-18-17(3)19(23-22)12-13-21(18,4)5/h7-11,14H,12-13,22H2,1-6H3/b9-7+,11-10+,15-8+,16-14-,23-19?. The van der Waals surface area contributed by atoms with Gasteiger partial charge in [0.1, 0.15) is 0 Å². The van der Waals surface area contributed by atoms with Gasteiger partial charge in [0.05, 0.1) is 12.8 Å².